The van der Waals surface area contributed by atoms with Crippen LogP contribution < -0.4 is 0 Å². The molecule has 7 heteroatoms. The van der Waals surface area contributed by atoms with Crippen LogP contribution >= 0.6 is 11.6 Å². The highest BCUT2D eigenvalue weighted by Gasteiger charge is 2.17. The highest BCUT2D eigenvalue weighted by Crippen LogP contribution is 2.17. The Morgan fingerprint density at radius 3 is 1.61 bits per heavy atom. The molecule has 0 atom stereocenters. The molecular formula is C11H15ClO4S2. The number of benzene rings is 1. The van der Waals surface area contributed by atoms with Gasteiger partial charge in [0.1, 0.15) is 0 Å². The van der Waals surface area contributed by atoms with Crippen molar-refractivity contribution < 1.29 is 16.8 Å². The number of hydrogen-bond acceptors (Lipinski definition) is 4. The smallest absolute Gasteiger partial charge is 0.179 e. The van der Waals surface area contributed by atoms with Gasteiger partial charge in [-0.05, 0) is 30.7 Å². The van der Waals surface area contributed by atoms with Crippen molar-refractivity contribution in [3.63, 3.8) is 0 Å². The zero-order valence-electron chi connectivity index (χ0n) is 9.97. The Kier molecular flexibility index (Phi) is 5.19. The van der Waals surface area contributed by atoms with Gasteiger partial charge in [-0.3, -0.25) is 0 Å². The Labute approximate surface area is 113 Å². The maximum Gasteiger partial charge on any atom is 0.179 e. The number of hydrogen-bond donors (Lipinski definition) is 0. The predicted octanol–water partition coefficient (Wildman–Crippen LogP) is 1.88. The third kappa shape index (κ3) is 3.70. The molecule has 0 unspecified atom stereocenters. The molecule has 0 aliphatic rings. The van der Waals surface area contributed by atoms with Crippen LogP contribution in [0.2, 0.25) is 0 Å². The lowest BCUT2D eigenvalue weighted by Gasteiger charge is -2.05. The van der Waals surface area contributed by atoms with Crippen LogP contribution in [0.4, 0.5) is 0 Å². The monoisotopic (exact) mass is 310 g/mol. The van der Waals surface area contributed by atoms with Crippen LogP contribution in [0.1, 0.15) is 13.3 Å². The lowest BCUT2D eigenvalue weighted by atomic mass is 10.4. The van der Waals surface area contributed by atoms with Crippen LogP contribution in [0, 0.1) is 0 Å². The normalized spacial score (nSPS) is 12.6. The standard InChI is InChI=1S/C11H15ClO4S2/c1-2-8-17(13,14)10-3-5-11(6-4-10)18(15,16)9-7-12/h3-6H,2,7-9H2,1H3. The van der Waals surface area contributed by atoms with Gasteiger partial charge in [-0.25, -0.2) is 16.8 Å². The van der Waals surface area contributed by atoms with Crippen molar-refractivity contribution in [1.82, 2.24) is 0 Å². The van der Waals surface area contributed by atoms with Gasteiger partial charge >= 0.3 is 0 Å². The van der Waals surface area contributed by atoms with Crippen molar-refractivity contribution >= 4 is 31.3 Å². The Morgan fingerprint density at radius 2 is 1.28 bits per heavy atom. The fraction of sp³-hybridized carbons (Fsp3) is 0.455. The second kappa shape index (κ2) is 6.04. The zero-order chi connectivity index (χ0) is 13.8. The molecule has 18 heavy (non-hydrogen) atoms. The Bertz CT molecular complexity index is 533. The van der Waals surface area contributed by atoms with Gasteiger partial charge in [0.25, 0.3) is 0 Å². The molecule has 0 heterocycles. The van der Waals surface area contributed by atoms with E-state index in [9.17, 15) is 16.8 Å². The molecule has 0 N–H and O–H groups in total. The molecule has 0 aromatic heterocycles. The number of alkyl halides is 1. The molecular weight excluding hydrogens is 296 g/mol. The van der Waals surface area contributed by atoms with E-state index in [0.717, 1.165) is 0 Å². The van der Waals surface area contributed by atoms with Crippen molar-refractivity contribution in [3.05, 3.63) is 24.3 Å². The molecule has 0 bridgehead atoms. The maximum absolute atomic E-state index is 11.7. The summed E-state index contributed by atoms with van der Waals surface area (Å²) in [4.78, 5) is 0.243. The fourth-order valence-corrected chi connectivity index (χ4v) is 4.38. The van der Waals surface area contributed by atoms with E-state index in [-0.39, 0.29) is 27.2 Å². The molecule has 0 aliphatic carbocycles. The lowest BCUT2D eigenvalue weighted by Crippen LogP contribution is -2.09. The summed E-state index contributed by atoms with van der Waals surface area (Å²) in [6.45, 7) is 1.77. The number of rotatable bonds is 6. The molecule has 0 saturated heterocycles. The molecule has 0 fully saturated rings. The molecule has 1 aromatic carbocycles. The van der Waals surface area contributed by atoms with Crippen molar-refractivity contribution in [2.45, 2.75) is 23.1 Å². The highest BCUT2D eigenvalue weighted by molar-refractivity contribution is 7.92. The summed E-state index contributed by atoms with van der Waals surface area (Å²) in [5, 5.41) is 0. The second-order valence-electron chi connectivity index (χ2n) is 3.80. The average Bonchev–Trinajstić information content (AvgIpc) is 2.29. The van der Waals surface area contributed by atoms with Crippen molar-refractivity contribution in [3.8, 4) is 0 Å². The van der Waals surface area contributed by atoms with E-state index < -0.39 is 19.7 Å². The van der Waals surface area contributed by atoms with Crippen LogP contribution in [0.5, 0.6) is 0 Å². The van der Waals surface area contributed by atoms with Crippen molar-refractivity contribution in [1.29, 1.82) is 0 Å². The van der Waals surface area contributed by atoms with E-state index in [0.29, 0.717) is 6.42 Å². The minimum atomic E-state index is -3.41. The van der Waals surface area contributed by atoms with Gasteiger partial charge in [-0.2, -0.15) is 0 Å². The Balaban J connectivity index is 3.08. The fourth-order valence-electron chi connectivity index (χ4n) is 1.46. The average molecular weight is 311 g/mol. The molecule has 4 nitrogen and oxygen atoms in total. The predicted molar refractivity (Wildman–Crippen MR) is 71.6 cm³/mol. The van der Waals surface area contributed by atoms with Crippen LogP contribution in [0.15, 0.2) is 34.1 Å². The molecule has 102 valence electrons. The number of sulfone groups is 2. The van der Waals surface area contributed by atoms with Crippen LogP contribution in [-0.4, -0.2) is 34.2 Å². The molecule has 0 saturated carbocycles. The maximum atomic E-state index is 11.7. The van der Waals surface area contributed by atoms with Crippen molar-refractivity contribution in [2.24, 2.45) is 0 Å². The molecule has 0 aliphatic heterocycles. The van der Waals surface area contributed by atoms with Gasteiger partial charge in [-0.1, -0.05) is 6.92 Å². The van der Waals surface area contributed by atoms with Crippen LogP contribution in [-0.2, 0) is 19.7 Å². The highest BCUT2D eigenvalue weighted by atomic mass is 35.5. The van der Waals surface area contributed by atoms with E-state index in [1.54, 1.807) is 6.92 Å². The second-order valence-corrected chi connectivity index (χ2v) is 8.39. The number of halogens is 1. The first kappa shape index (κ1) is 15.5. The summed E-state index contributed by atoms with van der Waals surface area (Å²) in [6, 6.07) is 5.27. The Hall–Kier alpha value is -0.590. The van der Waals surface area contributed by atoms with Gasteiger partial charge < -0.3 is 0 Å². The topological polar surface area (TPSA) is 68.3 Å². The largest absolute Gasteiger partial charge is 0.224 e. The quantitative estimate of drug-likeness (QED) is 0.752. The molecule has 1 rings (SSSR count). The van der Waals surface area contributed by atoms with Gasteiger partial charge in [0, 0.05) is 5.88 Å². The van der Waals surface area contributed by atoms with Crippen molar-refractivity contribution in [2.75, 3.05) is 17.4 Å². The molecule has 1 aromatic rings. The SMILES string of the molecule is CCCS(=O)(=O)c1ccc(S(=O)(=O)CCCl)cc1. The van der Waals surface area contributed by atoms with Gasteiger partial charge in [0.05, 0.1) is 21.3 Å². The van der Waals surface area contributed by atoms with E-state index in [4.69, 9.17) is 11.6 Å². The summed E-state index contributed by atoms with van der Waals surface area (Å²) in [7, 11) is -6.72. The van der Waals surface area contributed by atoms with E-state index in [2.05, 4.69) is 0 Å². The summed E-state index contributed by atoms with van der Waals surface area (Å²) in [6.07, 6.45) is 0.522. The summed E-state index contributed by atoms with van der Waals surface area (Å²) in [5.41, 5.74) is 0. The Morgan fingerprint density at radius 1 is 0.889 bits per heavy atom. The van der Waals surface area contributed by atoms with Crippen LogP contribution in [0.25, 0.3) is 0 Å². The summed E-state index contributed by atoms with van der Waals surface area (Å²) >= 11 is 5.41. The zero-order valence-corrected chi connectivity index (χ0v) is 12.4. The molecule has 0 radical (unpaired) electrons. The van der Waals surface area contributed by atoms with Gasteiger partial charge in [-0.15, -0.1) is 11.6 Å². The third-order valence-electron chi connectivity index (χ3n) is 2.36. The first-order chi connectivity index (χ1) is 8.33. The van der Waals surface area contributed by atoms with E-state index >= 15 is 0 Å². The van der Waals surface area contributed by atoms with Gasteiger partial charge in [0.2, 0.25) is 0 Å². The molecule has 0 amide bonds. The minimum absolute atomic E-state index is 0.0121. The summed E-state index contributed by atoms with van der Waals surface area (Å²) < 4.78 is 46.9. The first-order valence-corrected chi connectivity index (χ1v) is 9.29. The van der Waals surface area contributed by atoms with Crippen LogP contribution in [0.3, 0.4) is 0 Å². The lowest BCUT2D eigenvalue weighted by molar-refractivity contribution is 0.592. The first-order valence-electron chi connectivity index (χ1n) is 5.45. The summed E-state index contributed by atoms with van der Waals surface area (Å²) in [5.74, 6) is -0.0887. The molecule has 0 spiro atoms. The van der Waals surface area contributed by atoms with E-state index in [1.807, 2.05) is 0 Å². The van der Waals surface area contributed by atoms with E-state index in [1.165, 1.54) is 24.3 Å². The van der Waals surface area contributed by atoms with Gasteiger partial charge in [0.15, 0.2) is 19.7 Å². The third-order valence-corrected chi connectivity index (χ3v) is 6.44. The minimum Gasteiger partial charge on any atom is -0.224 e.